The van der Waals surface area contributed by atoms with Crippen LogP contribution in [0, 0.1) is 11.8 Å². The van der Waals surface area contributed by atoms with E-state index in [4.69, 9.17) is 4.74 Å². The van der Waals surface area contributed by atoms with Gasteiger partial charge >= 0.3 is 0 Å². The third-order valence-electron chi connectivity index (χ3n) is 6.01. The molecule has 1 N–H and O–H groups in total. The van der Waals surface area contributed by atoms with Crippen LogP contribution >= 0.6 is 0 Å². The Morgan fingerprint density at radius 1 is 1.30 bits per heavy atom. The third kappa shape index (κ3) is 3.22. The van der Waals surface area contributed by atoms with Gasteiger partial charge < -0.3 is 9.84 Å². The molecule has 1 saturated carbocycles. The number of phenolic OH excluding ortho intramolecular Hbond substituents is 1. The Balaban J connectivity index is 1.94. The summed E-state index contributed by atoms with van der Waals surface area (Å²) in [5.41, 5.74) is 2.26. The van der Waals surface area contributed by atoms with Crippen molar-refractivity contribution < 1.29 is 9.84 Å². The standard InChI is InChI=1S/C21H32O2/c1-5-6-7-8-15-11-18(22)20-17-13-21(4,23-19(20)12-15)10-9-16(17)14(2)3/h11-12,14,16-17,22H,5-10,13H2,1-4H3/t16-,17+,21?/m0/s1. The summed E-state index contributed by atoms with van der Waals surface area (Å²) < 4.78 is 6.39. The van der Waals surface area contributed by atoms with Crippen molar-refractivity contribution in [1.82, 2.24) is 0 Å². The van der Waals surface area contributed by atoms with Gasteiger partial charge in [-0.3, -0.25) is 0 Å². The molecule has 1 aromatic rings. The number of rotatable bonds is 5. The van der Waals surface area contributed by atoms with Gasteiger partial charge in [-0.05, 0) is 74.5 Å². The van der Waals surface area contributed by atoms with Gasteiger partial charge in [-0.25, -0.2) is 0 Å². The number of hydrogen-bond acceptors (Lipinski definition) is 2. The monoisotopic (exact) mass is 316 g/mol. The highest BCUT2D eigenvalue weighted by molar-refractivity contribution is 5.52. The largest absolute Gasteiger partial charge is 0.508 e. The van der Waals surface area contributed by atoms with Gasteiger partial charge in [0.25, 0.3) is 0 Å². The van der Waals surface area contributed by atoms with E-state index < -0.39 is 0 Å². The second-order valence-electron chi connectivity index (χ2n) is 8.29. The zero-order valence-corrected chi connectivity index (χ0v) is 15.2. The molecular formula is C21H32O2. The fourth-order valence-corrected chi connectivity index (χ4v) is 4.71. The minimum atomic E-state index is -0.0441. The molecule has 1 aliphatic heterocycles. The lowest BCUT2D eigenvalue weighted by Crippen LogP contribution is -2.45. The Kier molecular flexibility index (Phi) is 4.62. The number of aryl methyl sites for hydroxylation is 1. The molecule has 1 fully saturated rings. The van der Waals surface area contributed by atoms with Gasteiger partial charge in [-0.1, -0.05) is 33.6 Å². The highest BCUT2D eigenvalue weighted by atomic mass is 16.5. The molecule has 0 amide bonds. The first-order chi connectivity index (χ1) is 10.9. The Labute approximate surface area is 141 Å². The molecule has 1 aliphatic carbocycles. The van der Waals surface area contributed by atoms with Crippen LogP contribution in [0.3, 0.4) is 0 Å². The molecule has 0 aromatic heterocycles. The average molecular weight is 316 g/mol. The van der Waals surface area contributed by atoms with E-state index in [1.807, 2.05) is 6.07 Å². The highest BCUT2D eigenvalue weighted by Crippen LogP contribution is 2.55. The van der Waals surface area contributed by atoms with Gasteiger partial charge in [0.2, 0.25) is 0 Å². The zero-order chi connectivity index (χ0) is 16.6. The van der Waals surface area contributed by atoms with Gasteiger partial charge in [-0.15, -0.1) is 0 Å². The van der Waals surface area contributed by atoms with Crippen molar-refractivity contribution in [2.45, 2.75) is 84.2 Å². The van der Waals surface area contributed by atoms with Crippen LogP contribution < -0.4 is 4.74 Å². The summed E-state index contributed by atoms with van der Waals surface area (Å²) in [6.07, 6.45) is 8.07. The lowest BCUT2D eigenvalue weighted by molar-refractivity contribution is -0.00866. The van der Waals surface area contributed by atoms with Crippen molar-refractivity contribution in [3.05, 3.63) is 23.3 Å². The first-order valence-corrected chi connectivity index (χ1v) is 9.48. The van der Waals surface area contributed by atoms with E-state index in [1.54, 1.807) is 0 Å². The first-order valence-electron chi connectivity index (χ1n) is 9.48. The quantitative estimate of drug-likeness (QED) is 0.694. The summed E-state index contributed by atoms with van der Waals surface area (Å²) >= 11 is 0. The second-order valence-corrected chi connectivity index (χ2v) is 8.29. The van der Waals surface area contributed by atoms with Gasteiger partial charge in [0.05, 0.1) is 0 Å². The van der Waals surface area contributed by atoms with Crippen LogP contribution in [-0.4, -0.2) is 10.7 Å². The fourth-order valence-electron chi connectivity index (χ4n) is 4.71. The van der Waals surface area contributed by atoms with Gasteiger partial charge in [0, 0.05) is 5.56 Å². The number of benzene rings is 1. The molecule has 2 aliphatic rings. The maximum Gasteiger partial charge on any atom is 0.127 e. The Bertz CT molecular complexity index is 563. The smallest absolute Gasteiger partial charge is 0.127 e. The number of unbranched alkanes of at least 4 members (excludes halogenated alkanes) is 2. The Hall–Kier alpha value is -1.18. The second kappa shape index (κ2) is 6.37. The molecule has 0 spiro atoms. The van der Waals surface area contributed by atoms with Crippen molar-refractivity contribution in [3.8, 4) is 11.5 Å². The first kappa shape index (κ1) is 16.7. The Morgan fingerprint density at radius 2 is 2.09 bits per heavy atom. The normalized spacial score (nSPS) is 29.3. The topological polar surface area (TPSA) is 29.5 Å². The summed E-state index contributed by atoms with van der Waals surface area (Å²) in [4.78, 5) is 0. The van der Waals surface area contributed by atoms with Gasteiger partial charge in [0.1, 0.15) is 17.1 Å². The average Bonchev–Trinajstić information content (AvgIpc) is 2.46. The molecule has 128 valence electrons. The molecule has 3 atom stereocenters. The summed E-state index contributed by atoms with van der Waals surface area (Å²) in [6, 6.07) is 4.20. The number of hydrogen-bond donors (Lipinski definition) is 1. The molecule has 23 heavy (non-hydrogen) atoms. The molecule has 2 bridgehead atoms. The van der Waals surface area contributed by atoms with Crippen molar-refractivity contribution in [2.24, 2.45) is 11.8 Å². The van der Waals surface area contributed by atoms with E-state index in [1.165, 1.54) is 31.2 Å². The van der Waals surface area contributed by atoms with E-state index in [0.29, 0.717) is 23.5 Å². The summed E-state index contributed by atoms with van der Waals surface area (Å²) in [7, 11) is 0. The molecular weight excluding hydrogens is 284 g/mol. The Morgan fingerprint density at radius 3 is 2.78 bits per heavy atom. The van der Waals surface area contributed by atoms with E-state index in [-0.39, 0.29) is 5.60 Å². The van der Waals surface area contributed by atoms with Crippen LogP contribution in [0.5, 0.6) is 11.5 Å². The molecule has 1 aromatic carbocycles. The molecule has 2 nitrogen and oxygen atoms in total. The van der Waals surface area contributed by atoms with Crippen LogP contribution in [0.2, 0.25) is 0 Å². The molecule has 1 heterocycles. The fraction of sp³-hybridized carbons (Fsp3) is 0.714. The summed E-state index contributed by atoms with van der Waals surface area (Å²) in [5, 5.41) is 10.7. The molecule has 0 radical (unpaired) electrons. The third-order valence-corrected chi connectivity index (χ3v) is 6.01. The van der Waals surface area contributed by atoms with Crippen molar-refractivity contribution >= 4 is 0 Å². The van der Waals surface area contributed by atoms with E-state index in [0.717, 1.165) is 30.6 Å². The van der Waals surface area contributed by atoms with Crippen LogP contribution in [0.15, 0.2) is 12.1 Å². The lowest BCUT2D eigenvalue weighted by atomic mass is 9.64. The molecule has 1 unspecified atom stereocenters. The van der Waals surface area contributed by atoms with Crippen molar-refractivity contribution in [1.29, 1.82) is 0 Å². The molecule has 3 rings (SSSR count). The number of ether oxygens (including phenoxy) is 1. The predicted molar refractivity (Wildman–Crippen MR) is 95.3 cm³/mol. The maximum absolute atomic E-state index is 10.7. The van der Waals surface area contributed by atoms with Gasteiger partial charge in [0.15, 0.2) is 0 Å². The lowest BCUT2D eigenvalue weighted by Gasteiger charge is -2.49. The molecule has 0 saturated heterocycles. The van der Waals surface area contributed by atoms with Crippen LogP contribution in [0.1, 0.15) is 83.3 Å². The molecule has 2 heteroatoms. The minimum absolute atomic E-state index is 0.0441. The van der Waals surface area contributed by atoms with E-state index >= 15 is 0 Å². The minimum Gasteiger partial charge on any atom is -0.508 e. The summed E-state index contributed by atoms with van der Waals surface area (Å²) in [5.74, 6) is 3.18. The van der Waals surface area contributed by atoms with Crippen LogP contribution in [0.4, 0.5) is 0 Å². The maximum atomic E-state index is 10.7. The predicted octanol–water partition coefficient (Wildman–Crippen LogP) is 5.82. The van der Waals surface area contributed by atoms with Crippen molar-refractivity contribution in [2.75, 3.05) is 0 Å². The van der Waals surface area contributed by atoms with Crippen LogP contribution in [-0.2, 0) is 6.42 Å². The number of phenols is 1. The van der Waals surface area contributed by atoms with Crippen LogP contribution in [0.25, 0.3) is 0 Å². The zero-order valence-electron chi connectivity index (χ0n) is 15.2. The SMILES string of the molecule is CCCCCc1cc(O)c2c(c1)OC1(C)CC[C@@H](C(C)C)[C@H]2C1. The highest BCUT2D eigenvalue weighted by Gasteiger charge is 2.46. The van der Waals surface area contributed by atoms with E-state index in [9.17, 15) is 5.11 Å². The summed E-state index contributed by atoms with van der Waals surface area (Å²) in [6.45, 7) is 9.11. The van der Waals surface area contributed by atoms with Crippen molar-refractivity contribution in [3.63, 3.8) is 0 Å². The van der Waals surface area contributed by atoms with Gasteiger partial charge in [-0.2, -0.15) is 0 Å². The van der Waals surface area contributed by atoms with E-state index in [2.05, 4.69) is 33.8 Å². The number of fused-ring (bicyclic) bond motifs is 4. The number of aromatic hydroxyl groups is 1.